The van der Waals surface area contributed by atoms with Gasteiger partial charge in [-0.2, -0.15) is 0 Å². The number of phenolic OH excluding ortho intramolecular Hbond substituents is 1. The van der Waals surface area contributed by atoms with Crippen LogP contribution in [0.2, 0.25) is 0 Å². The van der Waals surface area contributed by atoms with E-state index in [1.54, 1.807) is 42.5 Å². The van der Waals surface area contributed by atoms with Gasteiger partial charge in [0.05, 0.1) is 24.6 Å². The average Bonchev–Trinajstić information content (AvgIpc) is 3.28. The van der Waals surface area contributed by atoms with E-state index in [1.807, 2.05) is 0 Å². The number of likely N-dealkylation sites (tertiary alicyclic amines) is 1. The number of halogens is 2. The summed E-state index contributed by atoms with van der Waals surface area (Å²) in [5, 5.41) is 11.1. The van der Waals surface area contributed by atoms with Crippen LogP contribution in [-0.2, 0) is 19.2 Å². The van der Waals surface area contributed by atoms with E-state index in [0.29, 0.717) is 16.8 Å². The third kappa shape index (κ3) is 3.45. The number of hydrogen-bond acceptors (Lipinski definition) is 7. The number of carbonyl (C=O) groups excluding carboxylic acids is 5. The van der Waals surface area contributed by atoms with Crippen molar-refractivity contribution in [1.82, 2.24) is 4.90 Å². The van der Waals surface area contributed by atoms with Crippen molar-refractivity contribution >= 4 is 58.3 Å². The molecule has 0 aromatic heterocycles. The number of anilines is 1. The maximum atomic E-state index is 14.0. The number of Topliss-reactive ketones (excluding diaryl/α,β-unsaturated/α-hetero) is 1. The van der Waals surface area contributed by atoms with Gasteiger partial charge in [0.25, 0.3) is 11.8 Å². The number of hydrogen-bond donors (Lipinski definition) is 1. The van der Waals surface area contributed by atoms with Crippen molar-refractivity contribution < 1.29 is 33.8 Å². The standard InChI is InChI=1S/C30H26Cl2N2O7/c1-14(35)15-7-9-16(10-8-15)34-25(37)18-12-11-17-19(22(18)26(34)38)13-29(31)27(39)33(2)28(40)30(29,32)24(17)23-20(36)5-4-6-21(23)41-3/h4-11,18-19,22,24,36H,12-13H2,1-3H3. The lowest BCUT2D eigenvalue weighted by Crippen LogP contribution is -2.60. The molecule has 9 nitrogen and oxygen atoms in total. The number of ketones is 1. The molecule has 1 N–H and O–H groups in total. The second kappa shape index (κ2) is 9.16. The molecule has 2 aliphatic carbocycles. The summed E-state index contributed by atoms with van der Waals surface area (Å²) in [5.74, 6) is -5.94. The molecule has 2 saturated heterocycles. The lowest BCUT2D eigenvalue weighted by atomic mass is 9.56. The van der Waals surface area contributed by atoms with Gasteiger partial charge in [0.15, 0.2) is 15.5 Å². The Labute approximate surface area is 245 Å². The molecule has 6 rings (SSSR count). The summed E-state index contributed by atoms with van der Waals surface area (Å²) in [6.45, 7) is 1.42. The van der Waals surface area contributed by atoms with Crippen LogP contribution < -0.4 is 9.64 Å². The molecule has 1 saturated carbocycles. The van der Waals surface area contributed by atoms with Gasteiger partial charge in [-0.1, -0.05) is 17.7 Å². The first-order valence-corrected chi connectivity index (χ1v) is 13.9. The molecule has 0 radical (unpaired) electrons. The van der Waals surface area contributed by atoms with Crippen LogP contribution in [-0.4, -0.2) is 63.3 Å². The second-order valence-electron chi connectivity index (χ2n) is 11.0. The van der Waals surface area contributed by atoms with Crippen molar-refractivity contribution in [3.05, 3.63) is 65.2 Å². The Morgan fingerprint density at radius 1 is 1.00 bits per heavy atom. The summed E-state index contributed by atoms with van der Waals surface area (Å²) < 4.78 is 5.55. The van der Waals surface area contributed by atoms with Crippen LogP contribution in [0.5, 0.6) is 11.5 Å². The molecule has 0 spiro atoms. The molecular weight excluding hydrogens is 571 g/mol. The number of amides is 4. The number of carbonyl (C=O) groups is 5. The van der Waals surface area contributed by atoms with Crippen molar-refractivity contribution in [3.63, 3.8) is 0 Å². The highest BCUT2D eigenvalue weighted by molar-refractivity contribution is 6.53. The van der Waals surface area contributed by atoms with Crippen molar-refractivity contribution in [2.45, 2.75) is 35.4 Å². The van der Waals surface area contributed by atoms with Crippen molar-refractivity contribution in [3.8, 4) is 11.5 Å². The Morgan fingerprint density at radius 3 is 2.32 bits per heavy atom. The highest BCUT2D eigenvalue weighted by atomic mass is 35.5. The SMILES string of the molecule is COc1cccc(O)c1C1C2=CCC3C(=O)N(c4ccc(C(C)=O)cc4)C(=O)C3C2CC2(Cl)C(=O)N(C)C(=O)C12Cl. The lowest BCUT2D eigenvalue weighted by molar-refractivity contribution is -0.138. The van der Waals surface area contributed by atoms with Gasteiger partial charge in [-0.05, 0) is 62.1 Å². The number of rotatable bonds is 4. The zero-order valence-corrected chi connectivity index (χ0v) is 23.9. The Hall–Kier alpha value is -3.69. The van der Waals surface area contributed by atoms with Crippen LogP contribution in [0, 0.1) is 17.8 Å². The number of benzene rings is 2. The maximum absolute atomic E-state index is 14.0. The predicted molar refractivity (Wildman–Crippen MR) is 149 cm³/mol. The van der Waals surface area contributed by atoms with Gasteiger partial charge in [0, 0.05) is 24.1 Å². The Bertz CT molecular complexity index is 1590. The molecule has 3 fully saturated rings. The Kier molecular flexibility index (Phi) is 6.14. The molecule has 6 atom stereocenters. The van der Waals surface area contributed by atoms with E-state index in [9.17, 15) is 29.1 Å². The quantitative estimate of drug-likeness (QED) is 0.246. The molecule has 212 valence electrons. The van der Waals surface area contributed by atoms with E-state index in [1.165, 1.54) is 27.1 Å². The van der Waals surface area contributed by atoms with Gasteiger partial charge in [-0.3, -0.25) is 33.8 Å². The molecule has 4 aliphatic rings. The van der Waals surface area contributed by atoms with Crippen LogP contribution >= 0.6 is 23.2 Å². The fourth-order valence-electron chi connectivity index (χ4n) is 7.16. The molecular formula is C30H26Cl2N2O7. The molecule has 6 unspecified atom stereocenters. The highest BCUT2D eigenvalue weighted by Crippen LogP contribution is 2.66. The second-order valence-corrected chi connectivity index (χ2v) is 12.2. The van der Waals surface area contributed by atoms with Crippen LogP contribution in [0.15, 0.2) is 54.1 Å². The van der Waals surface area contributed by atoms with Gasteiger partial charge < -0.3 is 9.84 Å². The minimum Gasteiger partial charge on any atom is -0.508 e. The summed E-state index contributed by atoms with van der Waals surface area (Å²) in [5.41, 5.74) is 1.49. The molecule has 4 amide bonds. The topological polar surface area (TPSA) is 121 Å². The number of fused-ring (bicyclic) bond motifs is 4. The minimum absolute atomic E-state index is 0.149. The Balaban J connectivity index is 1.51. The number of aromatic hydroxyl groups is 1. The van der Waals surface area contributed by atoms with Gasteiger partial charge >= 0.3 is 0 Å². The number of ether oxygens (including phenoxy) is 1. The van der Waals surface area contributed by atoms with Gasteiger partial charge in [-0.25, -0.2) is 0 Å². The Morgan fingerprint density at radius 2 is 1.68 bits per heavy atom. The monoisotopic (exact) mass is 596 g/mol. The zero-order valence-electron chi connectivity index (χ0n) is 22.4. The molecule has 2 heterocycles. The molecule has 2 aromatic rings. The maximum Gasteiger partial charge on any atom is 0.253 e. The van der Waals surface area contributed by atoms with Crippen molar-refractivity contribution in [1.29, 1.82) is 0 Å². The zero-order chi connectivity index (χ0) is 29.6. The van der Waals surface area contributed by atoms with Gasteiger partial charge in [0.2, 0.25) is 11.8 Å². The summed E-state index contributed by atoms with van der Waals surface area (Å²) in [6, 6.07) is 10.8. The highest BCUT2D eigenvalue weighted by Gasteiger charge is 2.76. The molecule has 2 aliphatic heterocycles. The van der Waals surface area contributed by atoms with E-state index >= 15 is 0 Å². The smallest absolute Gasteiger partial charge is 0.253 e. The normalized spacial score (nSPS) is 32.5. The molecule has 0 bridgehead atoms. The van der Waals surface area contributed by atoms with Crippen molar-refractivity contribution in [2.24, 2.45) is 17.8 Å². The van der Waals surface area contributed by atoms with E-state index in [-0.39, 0.29) is 35.7 Å². The third-order valence-electron chi connectivity index (χ3n) is 9.10. The van der Waals surface area contributed by atoms with Crippen LogP contribution in [0.4, 0.5) is 5.69 Å². The lowest BCUT2D eigenvalue weighted by Gasteiger charge is -2.50. The van der Waals surface area contributed by atoms with Gasteiger partial charge in [-0.15, -0.1) is 23.2 Å². The fourth-order valence-corrected chi connectivity index (χ4v) is 8.16. The summed E-state index contributed by atoms with van der Waals surface area (Å²) in [7, 11) is 2.70. The fraction of sp³-hybridized carbons (Fsp3) is 0.367. The molecule has 11 heteroatoms. The first kappa shape index (κ1) is 27.5. The number of phenols is 1. The minimum atomic E-state index is -2.03. The number of allylic oxidation sites excluding steroid dienone is 2. The van der Waals surface area contributed by atoms with Crippen LogP contribution in [0.1, 0.15) is 41.6 Å². The van der Waals surface area contributed by atoms with Crippen LogP contribution in [0.3, 0.4) is 0 Å². The van der Waals surface area contributed by atoms with E-state index in [2.05, 4.69) is 0 Å². The van der Waals surface area contributed by atoms with E-state index in [4.69, 9.17) is 27.9 Å². The number of imide groups is 2. The summed E-state index contributed by atoms with van der Waals surface area (Å²) in [6.07, 6.45) is 1.80. The first-order chi connectivity index (χ1) is 19.4. The number of alkyl halides is 2. The number of nitrogens with zero attached hydrogens (tertiary/aromatic N) is 2. The first-order valence-electron chi connectivity index (χ1n) is 13.1. The third-order valence-corrected chi connectivity index (χ3v) is 10.5. The molecule has 41 heavy (non-hydrogen) atoms. The largest absolute Gasteiger partial charge is 0.508 e. The van der Waals surface area contributed by atoms with E-state index in [0.717, 1.165) is 9.80 Å². The van der Waals surface area contributed by atoms with Crippen LogP contribution in [0.25, 0.3) is 0 Å². The van der Waals surface area contributed by atoms with E-state index < -0.39 is 57.0 Å². The predicted octanol–water partition coefficient (Wildman–Crippen LogP) is 3.80. The molecule has 2 aromatic carbocycles. The summed E-state index contributed by atoms with van der Waals surface area (Å²) in [4.78, 5) is 64.7. The summed E-state index contributed by atoms with van der Waals surface area (Å²) >= 11 is 14.3. The van der Waals surface area contributed by atoms with Gasteiger partial charge in [0.1, 0.15) is 11.5 Å². The average molecular weight is 597 g/mol. The van der Waals surface area contributed by atoms with Crippen molar-refractivity contribution in [2.75, 3.05) is 19.1 Å². The number of methoxy groups -OCH3 is 1.